The van der Waals surface area contributed by atoms with Gasteiger partial charge in [0.1, 0.15) is 18.2 Å². The third kappa shape index (κ3) is 15.9. The van der Waals surface area contributed by atoms with Crippen LogP contribution in [0.25, 0.3) is 0 Å². The number of likely N-dealkylation sites (N-methyl/N-ethyl adjacent to an activating group) is 1. The van der Waals surface area contributed by atoms with Crippen LogP contribution < -0.4 is 15.0 Å². The Kier molecular flexibility index (Phi) is 15.3. The molecule has 0 bridgehead atoms. The van der Waals surface area contributed by atoms with Crippen molar-refractivity contribution >= 4 is 52.6 Å². The van der Waals surface area contributed by atoms with Crippen molar-refractivity contribution in [3.63, 3.8) is 0 Å². The second kappa shape index (κ2) is 18.4. The molecule has 1 aromatic heterocycles. The van der Waals surface area contributed by atoms with E-state index in [2.05, 4.69) is 10.3 Å². The molecule has 1 aliphatic heterocycles. The molecule has 2 amide bonds. The van der Waals surface area contributed by atoms with Crippen LogP contribution in [0.2, 0.25) is 0 Å². The molecule has 1 aromatic carbocycles. The molecule has 1 atom stereocenters. The molecule has 41 heavy (non-hydrogen) atoms. The molecule has 0 aliphatic carbocycles. The molecule has 3 rings (SSSR count). The number of amides is 2. The van der Waals surface area contributed by atoms with Crippen molar-refractivity contribution in [2.24, 2.45) is 0 Å². The lowest BCUT2D eigenvalue weighted by Crippen LogP contribution is -2.25. The largest absolute Gasteiger partial charge is 0.492 e. The summed E-state index contributed by atoms with van der Waals surface area (Å²) in [5.74, 6) is -3.20. The van der Waals surface area contributed by atoms with Crippen LogP contribution >= 0.6 is 11.8 Å². The van der Waals surface area contributed by atoms with Gasteiger partial charge in [-0.1, -0.05) is 30.0 Å². The van der Waals surface area contributed by atoms with Crippen molar-refractivity contribution in [3.8, 4) is 5.75 Å². The molecule has 1 saturated heterocycles. The number of thioether (sulfide) groups is 1. The van der Waals surface area contributed by atoms with Gasteiger partial charge in [-0.05, 0) is 36.2 Å². The number of aromatic nitrogens is 1. The molecule has 2 heterocycles. The third-order valence-electron chi connectivity index (χ3n) is 4.77. The zero-order chi connectivity index (χ0) is 30.8. The number of hydrogen-bond donors (Lipinski definition) is 5. The fourth-order valence-corrected chi connectivity index (χ4v) is 3.67. The smallest absolute Gasteiger partial charge is 0.328 e. The maximum absolute atomic E-state index is 11.6. The molecule has 220 valence electrons. The van der Waals surface area contributed by atoms with Crippen LogP contribution in [0.1, 0.15) is 18.4 Å². The molecular weight excluding hydrogens is 562 g/mol. The van der Waals surface area contributed by atoms with Gasteiger partial charge in [-0.2, -0.15) is 0 Å². The monoisotopic (exact) mass is 591 g/mol. The van der Waals surface area contributed by atoms with Gasteiger partial charge >= 0.3 is 23.9 Å². The Balaban J connectivity index is 0.000000433. The molecule has 1 aliphatic rings. The summed E-state index contributed by atoms with van der Waals surface area (Å²) in [6, 6.07) is 13.4. The molecule has 14 nitrogen and oxygen atoms in total. The molecule has 2 aromatic rings. The van der Waals surface area contributed by atoms with Crippen LogP contribution in [0.3, 0.4) is 0 Å². The second-order valence-electron chi connectivity index (χ2n) is 7.99. The number of aliphatic carboxylic acids is 4. The first-order valence-corrected chi connectivity index (χ1v) is 12.7. The predicted molar refractivity (Wildman–Crippen MR) is 147 cm³/mol. The van der Waals surface area contributed by atoms with Crippen molar-refractivity contribution in [2.45, 2.75) is 24.5 Å². The third-order valence-corrected chi connectivity index (χ3v) is 5.75. The number of hydrogen-bond acceptors (Lipinski definition) is 10. The topological polar surface area (TPSA) is 221 Å². The minimum atomic E-state index is -1.26. The van der Waals surface area contributed by atoms with E-state index in [0.717, 1.165) is 35.4 Å². The highest BCUT2D eigenvalue weighted by molar-refractivity contribution is 8.15. The highest BCUT2D eigenvalue weighted by atomic mass is 32.2. The standard InChI is InChI=1S/C18H19N3O3S.C4H6O4.C4H4O4/c1-21(16-4-2-3-9-19-16)10-11-24-14-7-5-13(6-8-14)12-15-17(22)20-18(23)25-15;2*5-3(6)1-2-4(7)8/h2-9,15H,10-12H2,1H3,(H,20,22,23);1-2H2,(H,5,6)(H,7,8);1-2H,(H,5,6)(H,7,8). The van der Waals surface area contributed by atoms with Crippen LogP contribution in [0, 0.1) is 0 Å². The molecule has 0 radical (unpaired) electrons. The zero-order valence-corrected chi connectivity index (χ0v) is 22.7. The SMILES string of the molecule is CN(CCOc1ccc(CC2SC(=O)NC2=O)cc1)c1ccccn1.O=C(O)C=CC(=O)O.O=C(O)CCC(=O)O. The Labute approximate surface area is 238 Å². The Morgan fingerprint density at radius 2 is 1.54 bits per heavy atom. The number of nitrogens with one attached hydrogen (secondary N) is 1. The zero-order valence-electron chi connectivity index (χ0n) is 21.8. The maximum Gasteiger partial charge on any atom is 0.328 e. The van der Waals surface area contributed by atoms with E-state index >= 15 is 0 Å². The summed E-state index contributed by atoms with van der Waals surface area (Å²) in [5.41, 5.74) is 1.00. The van der Waals surface area contributed by atoms with E-state index in [4.69, 9.17) is 25.2 Å². The van der Waals surface area contributed by atoms with Crippen molar-refractivity contribution in [1.29, 1.82) is 0 Å². The molecular formula is C26H29N3O11S. The summed E-state index contributed by atoms with van der Waals surface area (Å²) in [7, 11) is 1.97. The lowest BCUT2D eigenvalue weighted by Gasteiger charge is -2.18. The fraction of sp³-hybridized carbons (Fsp3) is 0.269. The first-order chi connectivity index (χ1) is 19.4. The number of carboxylic acids is 4. The Morgan fingerprint density at radius 1 is 0.951 bits per heavy atom. The summed E-state index contributed by atoms with van der Waals surface area (Å²) in [6.45, 7) is 1.27. The van der Waals surface area contributed by atoms with Crippen molar-refractivity contribution < 1.29 is 53.9 Å². The van der Waals surface area contributed by atoms with Gasteiger partial charge in [0.15, 0.2) is 0 Å². The number of pyridine rings is 1. The summed E-state index contributed by atoms with van der Waals surface area (Å²) in [4.78, 5) is 67.5. The van der Waals surface area contributed by atoms with Gasteiger partial charge in [0.25, 0.3) is 5.24 Å². The van der Waals surface area contributed by atoms with Crippen LogP contribution in [0.5, 0.6) is 5.75 Å². The van der Waals surface area contributed by atoms with Gasteiger partial charge in [0.2, 0.25) is 5.91 Å². The molecule has 5 N–H and O–H groups in total. The average Bonchev–Trinajstić information content (AvgIpc) is 3.24. The second-order valence-corrected chi connectivity index (χ2v) is 9.16. The summed E-state index contributed by atoms with van der Waals surface area (Å²) < 4.78 is 5.75. The van der Waals surface area contributed by atoms with E-state index in [1.54, 1.807) is 6.20 Å². The number of carbonyl (C=O) groups is 6. The molecule has 0 spiro atoms. The van der Waals surface area contributed by atoms with E-state index in [9.17, 15) is 28.8 Å². The van der Waals surface area contributed by atoms with Gasteiger partial charge in [0.05, 0.1) is 24.6 Å². The van der Waals surface area contributed by atoms with E-state index < -0.39 is 23.9 Å². The van der Waals surface area contributed by atoms with Crippen LogP contribution in [-0.2, 0) is 30.4 Å². The number of carboxylic acid groups (broad SMARTS) is 4. The van der Waals surface area contributed by atoms with Gasteiger partial charge < -0.3 is 30.1 Å². The first kappa shape index (κ1) is 34.1. The number of ether oxygens (including phenoxy) is 1. The summed E-state index contributed by atoms with van der Waals surface area (Å²) >= 11 is 1.05. The average molecular weight is 592 g/mol. The minimum Gasteiger partial charge on any atom is -0.492 e. The van der Waals surface area contributed by atoms with E-state index in [1.807, 2.05) is 54.4 Å². The normalized spacial score (nSPS) is 13.6. The molecule has 0 saturated carbocycles. The Morgan fingerprint density at radius 3 is 1.98 bits per heavy atom. The van der Waals surface area contributed by atoms with Gasteiger partial charge in [0, 0.05) is 25.4 Å². The Bertz CT molecular complexity index is 1190. The molecule has 15 heteroatoms. The Hall–Kier alpha value is -4.92. The minimum absolute atomic E-state index is 0.215. The van der Waals surface area contributed by atoms with Crippen molar-refractivity contribution in [3.05, 3.63) is 66.4 Å². The van der Waals surface area contributed by atoms with Crippen molar-refractivity contribution in [2.75, 3.05) is 25.1 Å². The fourth-order valence-electron chi connectivity index (χ4n) is 2.81. The maximum atomic E-state index is 11.6. The van der Waals surface area contributed by atoms with Gasteiger partial charge in [-0.3, -0.25) is 24.5 Å². The number of nitrogens with zero attached hydrogens (tertiary/aromatic N) is 2. The number of carbonyl (C=O) groups excluding carboxylic acids is 2. The quantitative estimate of drug-likeness (QED) is 0.223. The van der Waals surface area contributed by atoms with E-state index in [-0.39, 0.29) is 29.2 Å². The van der Waals surface area contributed by atoms with Gasteiger partial charge in [-0.25, -0.2) is 14.6 Å². The lowest BCUT2D eigenvalue weighted by molar-refractivity contribution is -0.143. The lowest BCUT2D eigenvalue weighted by atomic mass is 10.1. The molecule has 1 unspecified atom stereocenters. The highest BCUT2D eigenvalue weighted by Crippen LogP contribution is 2.23. The van der Waals surface area contributed by atoms with Crippen LogP contribution in [0.15, 0.2) is 60.8 Å². The number of rotatable bonds is 12. The van der Waals surface area contributed by atoms with Crippen molar-refractivity contribution in [1.82, 2.24) is 10.3 Å². The van der Waals surface area contributed by atoms with Crippen LogP contribution in [-0.4, -0.2) is 85.9 Å². The predicted octanol–water partition coefficient (Wildman–Crippen LogP) is 2.14. The van der Waals surface area contributed by atoms with Gasteiger partial charge in [-0.15, -0.1) is 0 Å². The first-order valence-electron chi connectivity index (χ1n) is 11.8. The van der Waals surface area contributed by atoms with E-state index in [1.165, 1.54) is 0 Å². The highest BCUT2D eigenvalue weighted by Gasteiger charge is 2.31. The summed E-state index contributed by atoms with van der Waals surface area (Å²) in [6.07, 6.45) is 2.82. The number of anilines is 1. The molecule has 1 fully saturated rings. The number of benzene rings is 1. The summed E-state index contributed by atoms with van der Waals surface area (Å²) in [5, 5.41) is 33.1. The van der Waals surface area contributed by atoms with Crippen LogP contribution in [0.4, 0.5) is 10.6 Å². The van der Waals surface area contributed by atoms with E-state index in [0.29, 0.717) is 25.2 Å². The number of imide groups is 1.